The van der Waals surface area contributed by atoms with Crippen LogP contribution in [0, 0.1) is 23.7 Å². The van der Waals surface area contributed by atoms with Crippen LogP contribution in [0.25, 0.3) is 21.5 Å². The fourth-order valence-electron chi connectivity index (χ4n) is 7.25. The zero-order valence-electron chi connectivity index (χ0n) is 24.4. The highest BCUT2D eigenvalue weighted by Crippen LogP contribution is 2.55. The number of benzene rings is 2. The Morgan fingerprint density at radius 1 is 1.11 bits per heavy atom. The third-order valence-electron chi connectivity index (χ3n) is 9.54. The van der Waals surface area contributed by atoms with E-state index in [1.54, 1.807) is 29.5 Å². The number of halogens is 3. The topological polar surface area (TPSA) is 74.5 Å². The molecular weight excluding hydrogens is 610 g/mol. The lowest BCUT2D eigenvalue weighted by atomic mass is 9.73. The van der Waals surface area contributed by atoms with Crippen molar-refractivity contribution >= 4 is 39.3 Å². The number of alkyl halides is 3. The molecule has 3 atom stereocenters. The quantitative estimate of drug-likeness (QED) is 0.169. The fraction of sp³-hybridized carbons (Fsp3) is 0.485. The molecule has 4 aromatic rings. The summed E-state index contributed by atoms with van der Waals surface area (Å²) in [5, 5.41) is 4.83. The fourth-order valence-corrected chi connectivity index (χ4v) is 10.0. The van der Waals surface area contributed by atoms with E-state index < -0.39 is 6.36 Å². The van der Waals surface area contributed by atoms with Crippen LogP contribution in [0.15, 0.2) is 51.3 Å². The maximum absolute atomic E-state index is 13.2. The van der Waals surface area contributed by atoms with Crippen LogP contribution in [0.4, 0.5) is 13.2 Å². The van der Waals surface area contributed by atoms with E-state index in [0.717, 1.165) is 51.6 Å². The number of hydrogen-bond acceptors (Lipinski definition) is 8. The smallest absolute Gasteiger partial charge is 0.465 e. The number of carbonyl (C=O) groups excluding carboxylic acids is 1. The lowest BCUT2D eigenvalue weighted by Crippen LogP contribution is -2.32. The van der Waals surface area contributed by atoms with Gasteiger partial charge in [0.05, 0.1) is 22.9 Å². The Bertz CT molecular complexity index is 1670. The molecule has 44 heavy (non-hydrogen) atoms. The molecule has 6 nitrogen and oxygen atoms in total. The van der Waals surface area contributed by atoms with Gasteiger partial charge >= 0.3 is 12.3 Å². The maximum atomic E-state index is 13.2. The van der Waals surface area contributed by atoms with Gasteiger partial charge < -0.3 is 14.0 Å². The largest absolute Gasteiger partial charge is 0.573 e. The van der Waals surface area contributed by atoms with E-state index in [0.29, 0.717) is 52.2 Å². The molecule has 2 aromatic carbocycles. The Balaban J connectivity index is 1.07. The summed E-state index contributed by atoms with van der Waals surface area (Å²) in [5.41, 5.74) is 3.15. The normalized spacial score (nSPS) is 24.0. The van der Waals surface area contributed by atoms with E-state index in [-0.39, 0.29) is 17.6 Å². The number of ether oxygens (including phenoxy) is 2. The molecule has 3 aliphatic rings. The second-order valence-electron chi connectivity index (χ2n) is 12.4. The van der Waals surface area contributed by atoms with Gasteiger partial charge in [-0.1, -0.05) is 36.0 Å². The lowest BCUT2D eigenvalue weighted by Gasteiger charge is -2.37. The molecule has 0 amide bonds. The Kier molecular flexibility index (Phi) is 7.89. The minimum Gasteiger partial charge on any atom is -0.465 e. The average Bonchev–Trinajstić information content (AvgIpc) is 3.57. The molecule has 2 aromatic heterocycles. The number of methoxy groups -OCH3 is 1. The second-order valence-corrected chi connectivity index (χ2v) is 14.9. The molecule has 2 bridgehead atoms. The van der Waals surface area contributed by atoms with Gasteiger partial charge in [-0.3, -0.25) is 0 Å². The van der Waals surface area contributed by atoms with Crippen LogP contribution in [-0.4, -0.2) is 34.8 Å². The first-order valence-corrected chi connectivity index (χ1v) is 16.9. The molecule has 0 N–H and O–H groups in total. The van der Waals surface area contributed by atoms with Crippen molar-refractivity contribution < 1.29 is 32.0 Å². The zero-order chi connectivity index (χ0) is 30.6. The highest BCUT2D eigenvalue weighted by molar-refractivity contribution is 8.01. The van der Waals surface area contributed by atoms with Crippen molar-refractivity contribution in [2.75, 3.05) is 7.11 Å². The van der Waals surface area contributed by atoms with Crippen molar-refractivity contribution in [1.29, 1.82) is 0 Å². The van der Waals surface area contributed by atoms with E-state index in [1.807, 2.05) is 23.9 Å². The molecular formula is C33H33F3N2O4S2. The number of nitrogens with zero attached hydrogens (tertiary/aromatic N) is 2. The molecule has 3 fully saturated rings. The van der Waals surface area contributed by atoms with Crippen LogP contribution < -0.4 is 4.74 Å². The first-order chi connectivity index (χ1) is 21.2. The minimum absolute atomic E-state index is 0.253. The summed E-state index contributed by atoms with van der Waals surface area (Å²) in [6.45, 7) is 2.27. The summed E-state index contributed by atoms with van der Waals surface area (Å²) in [7, 11) is 1.39. The van der Waals surface area contributed by atoms with Crippen LogP contribution in [0.1, 0.15) is 73.0 Å². The highest BCUT2D eigenvalue weighted by atomic mass is 32.2. The number of carbonyl (C=O) groups is 1. The lowest BCUT2D eigenvalue weighted by molar-refractivity contribution is -0.274. The van der Waals surface area contributed by atoms with Crippen molar-refractivity contribution in [2.45, 2.75) is 73.7 Å². The maximum Gasteiger partial charge on any atom is 0.573 e. The van der Waals surface area contributed by atoms with Gasteiger partial charge in [0, 0.05) is 22.3 Å². The van der Waals surface area contributed by atoms with Crippen molar-refractivity contribution in [3.8, 4) is 17.0 Å². The Morgan fingerprint density at radius 3 is 2.57 bits per heavy atom. The molecule has 232 valence electrons. The van der Waals surface area contributed by atoms with Crippen molar-refractivity contribution in [2.24, 2.45) is 23.7 Å². The summed E-state index contributed by atoms with van der Waals surface area (Å²) in [4.78, 5) is 16.8. The number of rotatable bonds is 9. The van der Waals surface area contributed by atoms with E-state index in [2.05, 4.69) is 16.8 Å². The van der Waals surface area contributed by atoms with E-state index in [1.165, 1.54) is 32.1 Å². The number of thiazole rings is 1. The van der Waals surface area contributed by atoms with Crippen LogP contribution in [-0.2, 0) is 11.2 Å². The Labute approximate surface area is 261 Å². The van der Waals surface area contributed by atoms with Crippen molar-refractivity contribution in [3.05, 3.63) is 59.4 Å². The van der Waals surface area contributed by atoms with Gasteiger partial charge in [-0.25, -0.2) is 9.78 Å². The number of hydrogen-bond donors (Lipinski definition) is 0. The summed E-state index contributed by atoms with van der Waals surface area (Å²) in [6, 6.07) is 11.7. The second kappa shape index (κ2) is 11.7. The van der Waals surface area contributed by atoms with Gasteiger partial charge in [-0.05, 0) is 98.9 Å². The van der Waals surface area contributed by atoms with Crippen LogP contribution in [0.5, 0.6) is 5.75 Å². The molecule has 3 saturated carbocycles. The van der Waals surface area contributed by atoms with Crippen molar-refractivity contribution in [1.82, 2.24) is 10.1 Å². The third-order valence-corrected chi connectivity index (χ3v) is 12.2. The van der Waals surface area contributed by atoms with Gasteiger partial charge in [0.25, 0.3) is 0 Å². The third kappa shape index (κ3) is 5.97. The number of thioether (sulfide) groups is 1. The van der Waals surface area contributed by atoms with Gasteiger partial charge in [-0.15, -0.1) is 24.5 Å². The van der Waals surface area contributed by atoms with Crippen molar-refractivity contribution in [3.63, 3.8) is 0 Å². The van der Waals surface area contributed by atoms with Gasteiger partial charge in [0.15, 0.2) is 4.34 Å². The molecule has 3 aliphatic carbocycles. The average molecular weight is 643 g/mol. The van der Waals surface area contributed by atoms with E-state index >= 15 is 0 Å². The molecule has 11 heteroatoms. The SMILES string of the molecule is COC(=O)c1ccc2nc(SC3C4CCC3CC(C(C)Cc3c(-c5ccccc5OC(F)(F)F)noc3C3CC3)C4)sc2c1. The molecule has 2 heterocycles. The number of fused-ring (bicyclic) bond motifs is 3. The molecule has 0 saturated heterocycles. The first-order valence-electron chi connectivity index (χ1n) is 15.2. The number of aromatic nitrogens is 2. The summed E-state index contributed by atoms with van der Waals surface area (Å²) >= 11 is 3.52. The standard InChI is InChI=1S/C33H33F3N2O4S2/c1-17(13-24-28(38-42-29(24)18-7-8-18)23-5-3-4-6-26(23)41-33(34,35)36)22-14-19-9-10-20(15-22)30(19)44-32-37-25-12-11-21(31(39)40-2)16-27(25)43-32/h3-6,11-12,16-20,22,30H,7-10,13-15H2,1-2H3. The zero-order valence-corrected chi connectivity index (χ0v) is 26.1. The summed E-state index contributed by atoms with van der Waals surface area (Å²) in [6.07, 6.45) is 2.61. The first kappa shape index (κ1) is 29.6. The number of esters is 1. The van der Waals surface area contributed by atoms with Crippen LogP contribution in [0.2, 0.25) is 0 Å². The van der Waals surface area contributed by atoms with Gasteiger partial charge in [0.2, 0.25) is 0 Å². The van der Waals surface area contributed by atoms with Gasteiger partial charge in [-0.2, -0.15) is 0 Å². The molecule has 7 rings (SSSR count). The van der Waals surface area contributed by atoms with E-state index in [4.69, 9.17) is 14.2 Å². The van der Waals surface area contributed by atoms with Crippen LogP contribution in [0.3, 0.4) is 0 Å². The summed E-state index contributed by atoms with van der Waals surface area (Å²) < 4.78 is 56.7. The van der Waals surface area contributed by atoms with E-state index in [9.17, 15) is 18.0 Å². The Morgan fingerprint density at radius 2 is 1.86 bits per heavy atom. The predicted molar refractivity (Wildman–Crippen MR) is 163 cm³/mol. The highest BCUT2D eigenvalue weighted by Gasteiger charge is 2.45. The predicted octanol–water partition coefficient (Wildman–Crippen LogP) is 9.29. The molecule has 0 spiro atoms. The molecule has 3 unspecified atom stereocenters. The van der Waals surface area contributed by atoms with Crippen LogP contribution >= 0.6 is 23.1 Å². The molecule has 0 aliphatic heterocycles. The molecule has 0 radical (unpaired) electrons. The van der Waals surface area contributed by atoms with Gasteiger partial charge in [0.1, 0.15) is 17.2 Å². The monoisotopic (exact) mass is 642 g/mol. The summed E-state index contributed by atoms with van der Waals surface area (Å²) in [5.74, 6) is 2.54. The number of para-hydroxylation sites is 1. The Hall–Kier alpha value is -3.05. The minimum atomic E-state index is -4.79.